The van der Waals surface area contributed by atoms with Crippen LogP contribution < -0.4 is 36.1 Å². The minimum Gasteiger partial charge on any atom is -0.406 e. The predicted molar refractivity (Wildman–Crippen MR) is 160 cm³/mol. The molecule has 0 atom stereocenters. The van der Waals surface area contributed by atoms with Crippen molar-refractivity contribution in [3.8, 4) is 11.5 Å². The van der Waals surface area contributed by atoms with Crippen LogP contribution in [0.1, 0.15) is 11.4 Å². The van der Waals surface area contributed by atoms with Crippen molar-refractivity contribution in [2.24, 2.45) is 0 Å². The molecule has 4 aromatic rings. The van der Waals surface area contributed by atoms with Crippen LogP contribution in [0.2, 0.25) is 5.15 Å². The van der Waals surface area contributed by atoms with Crippen LogP contribution in [0.15, 0.2) is 60.7 Å². The first-order valence-electron chi connectivity index (χ1n) is 12.9. The van der Waals surface area contributed by atoms with Gasteiger partial charge in [-0.05, 0) is 68.4 Å². The number of ether oxygens (including phenoxy) is 2. The molecule has 5 N–H and O–H groups in total. The van der Waals surface area contributed by atoms with Crippen molar-refractivity contribution in [1.82, 2.24) is 19.9 Å². The number of carbonyl (C=O) groups excluding carboxylic acids is 2. The van der Waals surface area contributed by atoms with E-state index < -0.39 is 30.5 Å². The molecular weight excluding hydrogens is 664 g/mol. The lowest BCUT2D eigenvalue weighted by molar-refractivity contribution is -0.275. The number of anilines is 5. The summed E-state index contributed by atoms with van der Waals surface area (Å²) in [5.41, 5.74) is 1.76. The molecule has 0 unspecified atom stereocenters. The molecule has 0 aliphatic carbocycles. The lowest BCUT2D eigenvalue weighted by Gasteiger charge is -2.10. The molecule has 250 valence electrons. The first-order valence-corrected chi connectivity index (χ1v) is 13.3. The molecule has 0 aliphatic rings. The largest absolute Gasteiger partial charge is 0.573 e. The lowest BCUT2D eigenvalue weighted by atomic mass is 10.3. The first kappa shape index (κ1) is 35.9. The third-order valence-electron chi connectivity index (χ3n) is 5.08. The van der Waals surface area contributed by atoms with Crippen LogP contribution in [0.3, 0.4) is 0 Å². The van der Waals surface area contributed by atoms with E-state index in [1.54, 1.807) is 27.0 Å². The maximum absolute atomic E-state index is 12.1. The summed E-state index contributed by atoms with van der Waals surface area (Å²) >= 11 is 5.74. The highest BCUT2D eigenvalue weighted by atomic mass is 35.5. The number of rotatable bonds is 7. The van der Waals surface area contributed by atoms with Crippen molar-refractivity contribution in [2.75, 3.05) is 33.6 Å². The van der Waals surface area contributed by atoms with Crippen molar-refractivity contribution < 1.29 is 45.4 Å². The fraction of sp³-hybridized carbons (Fsp3) is 0.185. The van der Waals surface area contributed by atoms with E-state index in [4.69, 9.17) is 11.6 Å². The number of nitrogens with zero attached hydrogens (tertiary/aromatic N) is 4. The Kier molecular flexibility index (Phi) is 11.9. The molecular formula is C27H24ClF6N9O4. The van der Waals surface area contributed by atoms with E-state index in [1.807, 2.05) is 0 Å². The Morgan fingerprint density at radius 3 is 1.43 bits per heavy atom. The zero-order chi connectivity index (χ0) is 34.8. The van der Waals surface area contributed by atoms with Crippen LogP contribution >= 0.6 is 11.6 Å². The molecule has 0 fully saturated rings. The van der Waals surface area contributed by atoms with E-state index in [9.17, 15) is 35.9 Å². The SMILES string of the molecule is CNc1cc(C)nc(NC(=O)Nc2ccc(OC(F)(F)F)cc2)n1.Cc1cc(Cl)nc(NC(=O)Nc2ccc(OC(F)(F)F)cc2)n1. The summed E-state index contributed by atoms with van der Waals surface area (Å²) in [5, 5.41) is 12.6. The Bertz CT molecular complexity index is 1660. The number of alkyl halides is 6. The molecule has 0 saturated heterocycles. The van der Waals surface area contributed by atoms with E-state index in [0.29, 0.717) is 17.2 Å². The summed E-state index contributed by atoms with van der Waals surface area (Å²) in [5.74, 6) is -0.142. The summed E-state index contributed by atoms with van der Waals surface area (Å²) in [6.07, 6.45) is -9.53. The number of amides is 4. The summed E-state index contributed by atoms with van der Waals surface area (Å²) in [4.78, 5) is 39.5. The Morgan fingerprint density at radius 1 is 0.638 bits per heavy atom. The van der Waals surface area contributed by atoms with Gasteiger partial charge in [-0.1, -0.05) is 11.6 Å². The van der Waals surface area contributed by atoms with Crippen LogP contribution in [0.5, 0.6) is 11.5 Å². The standard InChI is InChI=1S/C14H14F3N5O2.C13H10ClF3N4O2/c1-8-7-11(18-2)21-12(19-8)22-13(23)20-9-3-5-10(6-4-9)24-14(15,16)17;1-7-6-10(14)20-11(18-7)21-12(22)19-8-2-4-9(5-3-8)23-13(15,16)17/h3-7H,1-2H3,(H3,18,19,20,21,22,23);2-6H,1H3,(H2,18,19,20,21,22). The highest BCUT2D eigenvalue weighted by Crippen LogP contribution is 2.25. The molecule has 0 aliphatic heterocycles. The molecule has 0 spiro atoms. The molecule has 2 heterocycles. The first-order chi connectivity index (χ1) is 22.0. The Balaban J connectivity index is 0.000000256. The Labute approximate surface area is 267 Å². The lowest BCUT2D eigenvalue weighted by Crippen LogP contribution is -2.21. The van der Waals surface area contributed by atoms with Crippen molar-refractivity contribution in [2.45, 2.75) is 26.6 Å². The minimum absolute atomic E-state index is 0.00419. The van der Waals surface area contributed by atoms with E-state index in [2.05, 4.69) is 56.0 Å². The van der Waals surface area contributed by atoms with Gasteiger partial charge in [0.2, 0.25) is 11.9 Å². The van der Waals surface area contributed by atoms with E-state index >= 15 is 0 Å². The van der Waals surface area contributed by atoms with Gasteiger partial charge in [0.15, 0.2) is 0 Å². The van der Waals surface area contributed by atoms with E-state index in [-0.39, 0.29) is 34.2 Å². The molecule has 4 rings (SSSR count). The molecule has 0 saturated carbocycles. The van der Waals surface area contributed by atoms with Gasteiger partial charge in [-0.15, -0.1) is 26.3 Å². The zero-order valence-electron chi connectivity index (χ0n) is 24.3. The number of hydrogen-bond acceptors (Lipinski definition) is 9. The Hall–Kier alpha value is -5.59. The van der Waals surface area contributed by atoms with Gasteiger partial charge in [0.25, 0.3) is 0 Å². The Morgan fingerprint density at radius 2 is 1.04 bits per heavy atom. The number of carbonyl (C=O) groups is 2. The number of benzene rings is 2. The normalized spacial score (nSPS) is 10.9. The number of halogens is 7. The van der Waals surface area contributed by atoms with E-state index in [1.165, 1.54) is 30.3 Å². The van der Waals surface area contributed by atoms with Crippen LogP contribution in [-0.2, 0) is 0 Å². The number of aryl methyl sites for hydroxylation is 2. The molecule has 0 radical (unpaired) electrons. The summed E-state index contributed by atoms with van der Waals surface area (Å²) in [7, 11) is 1.68. The monoisotopic (exact) mass is 687 g/mol. The van der Waals surface area contributed by atoms with Gasteiger partial charge in [-0.3, -0.25) is 10.6 Å². The van der Waals surface area contributed by atoms with Crippen LogP contribution in [0.25, 0.3) is 0 Å². The van der Waals surface area contributed by atoms with Gasteiger partial charge in [0.05, 0.1) is 0 Å². The van der Waals surface area contributed by atoms with Crippen molar-refractivity contribution in [3.05, 3.63) is 77.2 Å². The summed E-state index contributed by atoms with van der Waals surface area (Å²) in [6, 6.07) is 11.3. The molecule has 2 aromatic carbocycles. The van der Waals surface area contributed by atoms with Gasteiger partial charge in [0.1, 0.15) is 22.5 Å². The van der Waals surface area contributed by atoms with Gasteiger partial charge in [-0.2, -0.15) is 4.98 Å². The van der Waals surface area contributed by atoms with Crippen molar-refractivity contribution >= 4 is 52.8 Å². The summed E-state index contributed by atoms with van der Waals surface area (Å²) in [6.45, 7) is 3.42. The topological polar surface area (TPSA) is 164 Å². The van der Waals surface area contributed by atoms with E-state index in [0.717, 1.165) is 24.3 Å². The molecule has 2 aromatic heterocycles. The van der Waals surface area contributed by atoms with Gasteiger partial charge < -0.3 is 25.4 Å². The van der Waals surface area contributed by atoms with Crippen molar-refractivity contribution in [1.29, 1.82) is 0 Å². The number of nitrogens with one attached hydrogen (secondary N) is 5. The predicted octanol–water partition coefficient (Wildman–Crippen LogP) is 7.35. The van der Waals surface area contributed by atoms with Gasteiger partial charge in [-0.25, -0.2) is 24.5 Å². The number of aromatic nitrogens is 4. The van der Waals surface area contributed by atoms with Crippen molar-refractivity contribution in [3.63, 3.8) is 0 Å². The smallest absolute Gasteiger partial charge is 0.406 e. The molecule has 20 heteroatoms. The third-order valence-corrected chi connectivity index (χ3v) is 5.27. The average molecular weight is 688 g/mol. The van der Waals surface area contributed by atoms with Crippen LogP contribution in [0, 0.1) is 13.8 Å². The fourth-order valence-corrected chi connectivity index (χ4v) is 3.58. The fourth-order valence-electron chi connectivity index (χ4n) is 3.35. The van der Waals surface area contributed by atoms with Gasteiger partial charge >= 0.3 is 24.8 Å². The number of urea groups is 2. The molecule has 13 nitrogen and oxygen atoms in total. The summed E-state index contributed by atoms with van der Waals surface area (Å²) < 4.78 is 79.8. The van der Waals surface area contributed by atoms with Gasteiger partial charge in [0, 0.05) is 35.9 Å². The third kappa shape index (κ3) is 13.5. The second-order valence-electron chi connectivity index (χ2n) is 8.93. The second kappa shape index (κ2) is 15.6. The van der Waals surface area contributed by atoms with Crippen LogP contribution in [0.4, 0.5) is 65.0 Å². The average Bonchev–Trinajstić information content (AvgIpc) is 2.93. The molecule has 47 heavy (non-hydrogen) atoms. The van der Waals surface area contributed by atoms with Crippen LogP contribution in [-0.4, -0.2) is 51.8 Å². The highest BCUT2D eigenvalue weighted by molar-refractivity contribution is 6.29. The zero-order valence-corrected chi connectivity index (χ0v) is 25.1. The minimum atomic E-state index is -4.77. The second-order valence-corrected chi connectivity index (χ2v) is 9.31. The number of hydrogen-bond donors (Lipinski definition) is 5. The molecule has 4 amide bonds. The quantitative estimate of drug-likeness (QED) is 0.0987. The highest BCUT2D eigenvalue weighted by Gasteiger charge is 2.31. The maximum atomic E-state index is 12.1. The molecule has 0 bridgehead atoms. The maximum Gasteiger partial charge on any atom is 0.573 e.